The van der Waals surface area contributed by atoms with Crippen LogP contribution >= 0.6 is 0 Å². The molecule has 0 atom stereocenters. The molecule has 4 heteroatoms. The van der Waals surface area contributed by atoms with Crippen molar-refractivity contribution in [1.82, 2.24) is 0 Å². The Bertz CT molecular complexity index is 446. The van der Waals surface area contributed by atoms with Crippen LogP contribution in [0.5, 0.6) is 0 Å². The fraction of sp³-hybridized carbons (Fsp3) is 0.0909. The number of methoxy groups -OCH3 is 1. The topological polar surface area (TPSA) is 30.7 Å². The standard InChI is InChI=1S/C11H8FNO2/c1-13-10(11(14)15-2)7-8-5-3-4-6-9(8)12/h3-7H,2H3/b10-7-. The molecule has 0 saturated heterocycles. The number of carbonyl (C=O) groups is 1. The van der Waals surface area contributed by atoms with E-state index >= 15 is 0 Å². The lowest BCUT2D eigenvalue weighted by atomic mass is 10.2. The van der Waals surface area contributed by atoms with Gasteiger partial charge in [0.05, 0.1) is 13.7 Å². The summed E-state index contributed by atoms with van der Waals surface area (Å²) in [6.07, 6.45) is 1.16. The molecule has 0 amide bonds. The lowest BCUT2D eigenvalue weighted by Crippen LogP contribution is -2.01. The average molecular weight is 205 g/mol. The number of hydrogen-bond donors (Lipinski definition) is 0. The number of esters is 1. The molecule has 1 rings (SSSR count). The van der Waals surface area contributed by atoms with Gasteiger partial charge in [0.15, 0.2) is 0 Å². The number of halogens is 1. The summed E-state index contributed by atoms with van der Waals surface area (Å²) < 4.78 is 17.5. The van der Waals surface area contributed by atoms with Crippen LogP contribution in [0.25, 0.3) is 10.9 Å². The van der Waals surface area contributed by atoms with Crippen molar-refractivity contribution in [3.63, 3.8) is 0 Å². The molecule has 1 aromatic carbocycles. The molecular weight excluding hydrogens is 197 g/mol. The summed E-state index contributed by atoms with van der Waals surface area (Å²) in [7, 11) is 1.17. The van der Waals surface area contributed by atoms with Gasteiger partial charge in [0.2, 0.25) is 0 Å². The van der Waals surface area contributed by atoms with Gasteiger partial charge in [-0.3, -0.25) is 4.79 Å². The van der Waals surface area contributed by atoms with Crippen molar-refractivity contribution in [3.05, 3.63) is 52.8 Å². The van der Waals surface area contributed by atoms with Crippen LogP contribution in [0, 0.1) is 12.4 Å². The van der Waals surface area contributed by atoms with E-state index in [1.807, 2.05) is 0 Å². The van der Waals surface area contributed by atoms with Crippen LogP contribution in [0.2, 0.25) is 0 Å². The molecule has 1 aromatic rings. The van der Waals surface area contributed by atoms with Crippen molar-refractivity contribution in [2.75, 3.05) is 7.11 Å². The van der Waals surface area contributed by atoms with E-state index < -0.39 is 11.8 Å². The molecular formula is C11H8FNO2. The largest absolute Gasteiger partial charge is 0.474 e. The van der Waals surface area contributed by atoms with Crippen LogP contribution in [0.4, 0.5) is 4.39 Å². The van der Waals surface area contributed by atoms with E-state index in [2.05, 4.69) is 9.58 Å². The Morgan fingerprint density at radius 2 is 2.20 bits per heavy atom. The second kappa shape index (κ2) is 4.91. The SMILES string of the molecule is [C-]#[N+]/C(=C\c1ccccc1F)C(=O)OC. The van der Waals surface area contributed by atoms with Gasteiger partial charge in [-0.15, -0.1) is 0 Å². The van der Waals surface area contributed by atoms with Gasteiger partial charge in [-0.25, -0.2) is 9.24 Å². The molecule has 0 fully saturated rings. The third-order valence-corrected chi connectivity index (χ3v) is 1.71. The first-order chi connectivity index (χ1) is 7.19. The van der Waals surface area contributed by atoms with Gasteiger partial charge < -0.3 is 4.74 Å². The fourth-order valence-corrected chi connectivity index (χ4v) is 0.981. The molecule has 0 bridgehead atoms. The molecule has 0 N–H and O–H groups in total. The minimum atomic E-state index is -0.770. The Labute approximate surface area is 86.6 Å². The Morgan fingerprint density at radius 3 is 2.73 bits per heavy atom. The average Bonchev–Trinajstić information content (AvgIpc) is 2.27. The first-order valence-electron chi connectivity index (χ1n) is 4.11. The second-order valence-corrected chi connectivity index (χ2v) is 2.65. The smallest absolute Gasteiger partial charge is 0.336 e. The van der Waals surface area contributed by atoms with Gasteiger partial charge in [0.1, 0.15) is 5.82 Å². The van der Waals surface area contributed by atoms with Crippen molar-refractivity contribution >= 4 is 12.0 Å². The molecule has 0 unspecified atom stereocenters. The number of hydrogen-bond acceptors (Lipinski definition) is 2. The maximum absolute atomic E-state index is 13.2. The summed E-state index contributed by atoms with van der Waals surface area (Å²) in [4.78, 5) is 14.0. The van der Waals surface area contributed by atoms with Gasteiger partial charge in [0, 0.05) is 5.56 Å². The van der Waals surface area contributed by atoms with Crippen molar-refractivity contribution in [2.45, 2.75) is 0 Å². The molecule has 0 aromatic heterocycles. The monoisotopic (exact) mass is 205 g/mol. The Kier molecular flexibility index (Phi) is 3.58. The zero-order chi connectivity index (χ0) is 11.3. The lowest BCUT2D eigenvalue weighted by molar-refractivity contribution is -0.135. The Morgan fingerprint density at radius 1 is 1.53 bits per heavy atom. The predicted octanol–water partition coefficient (Wildman–Crippen LogP) is 2.26. The molecule has 0 aliphatic rings. The molecule has 0 aliphatic carbocycles. The Hall–Kier alpha value is -2.15. The molecule has 0 radical (unpaired) electrons. The van der Waals surface area contributed by atoms with Gasteiger partial charge in [-0.1, -0.05) is 18.2 Å². The van der Waals surface area contributed by atoms with E-state index in [4.69, 9.17) is 6.57 Å². The van der Waals surface area contributed by atoms with Crippen LogP contribution in [-0.4, -0.2) is 13.1 Å². The van der Waals surface area contributed by atoms with Gasteiger partial charge in [-0.2, -0.15) is 0 Å². The number of ether oxygens (including phenoxy) is 1. The van der Waals surface area contributed by atoms with E-state index in [1.54, 1.807) is 6.07 Å². The highest BCUT2D eigenvalue weighted by atomic mass is 19.1. The van der Waals surface area contributed by atoms with Crippen LogP contribution in [0.3, 0.4) is 0 Å². The zero-order valence-electron chi connectivity index (χ0n) is 8.03. The molecule has 0 aliphatic heterocycles. The second-order valence-electron chi connectivity index (χ2n) is 2.65. The van der Waals surface area contributed by atoms with E-state index in [0.29, 0.717) is 0 Å². The third kappa shape index (κ3) is 2.64. The number of carbonyl (C=O) groups excluding carboxylic acids is 1. The van der Waals surface area contributed by atoms with Crippen molar-refractivity contribution in [1.29, 1.82) is 0 Å². The van der Waals surface area contributed by atoms with Gasteiger partial charge in [-0.05, 0) is 12.1 Å². The fourth-order valence-electron chi connectivity index (χ4n) is 0.981. The van der Waals surface area contributed by atoms with Crippen LogP contribution < -0.4 is 0 Å². The summed E-state index contributed by atoms with van der Waals surface area (Å²) in [6.45, 7) is 6.75. The summed E-state index contributed by atoms with van der Waals surface area (Å²) >= 11 is 0. The van der Waals surface area contributed by atoms with Crippen molar-refractivity contribution in [2.24, 2.45) is 0 Å². The predicted molar refractivity (Wildman–Crippen MR) is 53.0 cm³/mol. The molecule has 0 spiro atoms. The Balaban J connectivity index is 3.11. The summed E-state index contributed by atoms with van der Waals surface area (Å²) in [5.74, 6) is -1.25. The quantitative estimate of drug-likeness (QED) is 0.421. The molecule has 3 nitrogen and oxygen atoms in total. The summed E-state index contributed by atoms with van der Waals surface area (Å²) in [5.41, 5.74) is -0.0588. The van der Waals surface area contributed by atoms with Crippen molar-refractivity contribution < 1.29 is 13.9 Å². The molecule has 0 saturated carbocycles. The molecule has 0 heterocycles. The van der Waals surface area contributed by atoms with E-state index in [1.165, 1.54) is 25.3 Å². The normalized spacial score (nSPS) is 10.6. The van der Waals surface area contributed by atoms with Gasteiger partial charge in [0.25, 0.3) is 5.70 Å². The van der Waals surface area contributed by atoms with Crippen LogP contribution in [-0.2, 0) is 9.53 Å². The van der Waals surface area contributed by atoms with Gasteiger partial charge >= 0.3 is 5.97 Å². The molecule has 76 valence electrons. The highest BCUT2D eigenvalue weighted by molar-refractivity contribution is 5.95. The van der Waals surface area contributed by atoms with Crippen molar-refractivity contribution in [3.8, 4) is 0 Å². The van der Waals surface area contributed by atoms with E-state index in [-0.39, 0.29) is 11.3 Å². The molecule has 15 heavy (non-hydrogen) atoms. The zero-order valence-corrected chi connectivity index (χ0v) is 8.03. The van der Waals surface area contributed by atoms with E-state index in [0.717, 1.165) is 6.08 Å². The van der Waals surface area contributed by atoms with Crippen LogP contribution in [0.1, 0.15) is 5.56 Å². The third-order valence-electron chi connectivity index (χ3n) is 1.71. The number of benzene rings is 1. The lowest BCUT2D eigenvalue weighted by Gasteiger charge is -1.98. The highest BCUT2D eigenvalue weighted by Gasteiger charge is 2.10. The minimum Gasteiger partial charge on any atom is -0.474 e. The summed E-state index contributed by atoms with van der Waals surface area (Å²) in [6, 6.07) is 5.88. The number of nitrogens with zero attached hydrogens (tertiary/aromatic N) is 1. The summed E-state index contributed by atoms with van der Waals surface area (Å²) in [5, 5.41) is 0. The number of rotatable bonds is 2. The minimum absolute atomic E-state index is 0.189. The highest BCUT2D eigenvalue weighted by Crippen LogP contribution is 2.12. The first-order valence-corrected chi connectivity index (χ1v) is 4.11. The van der Waals surface area contributed by atoms with E-state index in [9.17, 15) is 9.18 Å². The van der Waals surface area contributed by atoms with Crippen LogP contribution in [0.15, 0.2) is 30.0 Å². The first kappa shape index (κ1) is 10.9. The maximum atomic E-state index is 13.2. The maximum Gasteiger partial charge on any atom is 0.336 e.